The third kappa shape index (κ3) is 4.20. The van der Waals surface area contributed by atoms with Gasteiger partial charge in [-0.3, -0.25) is 9.80 Å². The Morgan fingerprint density at radius 2 is 2.17 bits per heavy atom. The average Bonchev–Trinajstić information content (AvgIpc) is 3.01. The fourth-order valence-electron chi connectivity index (χ4n) is 2.35. The molecule has 0 bridgehead atoms. The first-order valence-electron chi connectivity index (χ1n) is 7.89. The first-order chi connectivity index (χ1) is 10.9. The lowest BCUT2D eigenvalue weighted by molar-refractivity contribution is 0.0832. The summed E-state index contributed by atoms with van der Waals surface area (Å²) in [7, 11) is 3.52. The Labute approximate surface area is 141 Å². The van der Waals surface area contributed by atoms with Crippen molar-refractivity contribution in [2.75, 3.05) is 27.2 Å². The monoisotopic (exact) mass is 335 g/mol. The first kappa shape index (κ1) is 17.7. The number of aliphatic hydroxyl groups excluding tert-OH is 1. The number of hydrogen-bond acceptors (Lipinski definition) is 5. The Morgan fingerprint density at radius 3 is 2.78 bits per heavy atom. The van der Waals surface area contributed by atoms with E-state index in [-0.39, 0.29) is 18.6 Å². The Morgan fingerprint density at radius 1 is 1.43 bits per heavy atom. The standard InChI is InChI=1S/C17H25N3O2S/c1-12(2)13-6-7-14(20(18-13)10-5-11-21)15-8-9-16(23-15)17(22)19(3)4/h6-9,12,14,21H,5,10-11H2,1-4H3. The summed E-state index contributed by atoms with van der Waals surface area (Å²) in [6, 6.07) is 3.90. The highest BCUT2D eigenvalue weighted by atomic mass is 32.1. The van der Waals surface area contributed by atoms with Crippen molar-refractivity contribution in [1.82, 2.24) is 9.91 Å². The quantitative estimate of drug-likeness (QED) is 0.870. The van der Waals surface area contributed by atoms with Crippen molar-refractivity contribution in [2.45, 2.75) is 26.3 Å². The summed E-state index contributed by atoms with van der Waals surface area (Å²) in [6.07, 6.45) is 4.88. The second-order valence-corrected chi connectivity index (χ2v) is 7.24. The zero-order chi connectivity index (χ0) is 17.0. The molecule has 0 saturated heterocycles. The molecule has 0 radical (unpaired) electrons. The van der Waals surface area contributed by atoms with Crippen molar-refractivity contribution in [1.29, 1.82) is 0 Å². The van der Waals surface area contributed by atoms with Gasteiger partial charge in [-0.1, -0.05) is 19.9 Å². The van der Waals surface area contributed by atoms with Gasteiger partial charge < -0.3 is 10.0 Å². The summed E-state index contributed by atoms with van der Waals surface area (Å²) >= 11 is 1.51. The van der Waals surface area contributed by atoms with Crippen LogP contribution in [0.2, 0.25) is 0 Å². The number of amides is 1. The number of hydrazone groups is 1. The Hall–Kier alpha value is -1.66. The lowest BCUT2D eigenvalue weighted by atomic mass is 10.0. The number of allylic oxidation sites excluding steroid dienone is 1. The van der Waals surface area contributed by atoms with Crippen molar-refractivity contribution < 1.29 is 9.90 Å². The maximum Gasteiger partial charge on any atom is 0.263 e. The molecule has 0 spiro atoms. The van der Waals surface area contributed by atoms with Crippen LogP contribution in [0.25, 0.3) is 0 Å². The van der Waals surface area contributed by atoms with Gasteiger partial charge in [-0.15, -0.1) is 11.3 Å². The first-order valence-corrected chi connectivity index (χ1v) is 8.71. The van der Waals surface area contributed by atoms with Crippen molar-refractivity contribution in [3.8, 4) is 0 Å². The number of carbonyl (C=O) groups is 1. The van der Waals surface area contributed by atoms with E-state index in [1.807, 2.05) is 17.1 Å². The number of hydrogen-bond donors (Lipinski definition) is 1. The van der Waals surface area contributed by atoms with E-state index < -0.39 is 0 Å². The molecule has 0 aliphatic carbocycles. The molecule has 1 atom stereocenters. The molecule has 126 valence electrons. The van der Waals surface area contributed by atoms with Crippen LogP contribution in [0.3, 0.4) is 0 Å². The van der Waals surface area contributed by atoms with E-state index in [2.05, 4.69) is 26.0 Å². The molecule has 2 rings (SSSR count). The lowest BCUT2D eigenvalue weighted by Crippen LogP contribution is -2.29. The highest BCUT2D eigenvalue weighted by Crippen LogP contribution is 2.32. The van der Waals surface area contributed by atoms with Crippen LogP contribution in [0.5, 0.6) is 0 Å². The third-order valence-electron chi connectivity index (χ3n) is 3.69. The number of carbonyl (C=O) groups excluding carboxylic acids is 1. The predicted molar refractivity (Wildman–Crippen MR) is 94.9 cm³/mol. The van der Waals surface area contributed by atoms with Crippen LogP contribution < -0.4 is 0 Å². The van der Waals surface area contributed by atoms with Crippen LogP contribution >= 0.6 is 11.3 Å². The molecule has 23 heavy (non-hydrogen) atoms. The van der Waals surface area contributed by atoms with E-state index in [0.29, 0.717) is 18.9 Å². The molecule has 5 nitrogen and oxygen atoms in total. The second kappa shape index (κ2) is 7.75. The van der Waals surface area contributed by atoms with Gasteiger partial charge in [0, 0.05) is 32.1 Å². The van der Waals surface area contributed by atoms with Gasteiger partial charge in [0.25, 0.3) is 5.91 Å². The molecule has 1 unspecified atom stereocenters. The second-order valence-electron chi connectivity index (χ2n) is 6.13. The summed E-state index contributed by atoms with van der Waals surface area (Å²) < 4.78 is 0. The number of nitrogens with zero attached hydrogens (tertiary/aromatic N) is 3. The molecular weight excluding hydrogens is 310 g/mol. The molecule has 2 heterocycles. The van der Waals surface area contributed by atoms with E-state index in [4.69, 9.17) is 10.2 Å². The van der Waals surface area contributed by atoms with E-state index in [9.17, 15) is 4.79 Å². The maximum atomic E-state index is 12.1. The van der Waals surface area contributed by atoms with Crippen LogP contribution in [-0.4, -0.2) is 53.9 Å². The zero-order valence-electron chi connectivity index (χ0n) is 14.2. The highest BCUT2D eigenvalue weighted by molar-refractivity contribution is 7.14. The Kier molecular flexibility index (Phi) is 5.96. The minimum Gasteiger partial charge on any atom is -0.396 e. The molecule has 1 aliphatic rings. The van der Waals surface area contributed by atoms with Crippen LogP contribution in [0.1, 0.15) is 40.9 Å². The van der Waals surface area contributed by atoms with Crippen molar-refractivity contribution in [2.24, 2.45) is 11.0 Å². The Bertz CT molecular complexity index is 605. The lowest BCUT2D eigenvalue weighted by Gasteiger charge is -2.30. The molecule has 1 aliphatic heterocycles. The van der Waals surface area contributed by atoms with Gasteiger partial charge in [-0.25, -0.2) is 0 Å². The summed E-state index contributed by atoms with van der Waals surface area (Å²) in [6.45, 7) is 5.07. The fourth-order valence-corrected chi connectivity index (χ4v) is 3.47. The molecule has 1 aromatic heterocycles. The highest BCUT2D eigenvalue weighted by Gasteiger charge is 2.24. The largest absolute Gasteiger partial charge is 0.396 e. The van der Waals surface area contributed by atoms with Crippen LogP contribution in [0, 0.1) is 5.92 Å². The Balaban J connectivity index is 2.23. The molecular formula is C17H25N3O2S. The van der Waals surface area contributed by atoms with Gasteiger partial charge in [-0.2, -0.15) is 5.10 Å². The molecule has 1 amide bonds. The van der Waals surface area contributed by atoms with Crippen LogP contribution in [0.4, 0.5) is 0 Å². The van der Waals surface area contributed by atoms with Gasteiger partial charge in [0.15, 0.2) is 0 Å². The smallest absolute Gasteiger partial charge is 0.263 e. The third-order valence-corrected chi connectivity index (χ3v) is 4.83. The topological polar surface area (TPSA) is 56.1 Å². The van der Waals surface area contributed by atoms with E-state index in [1.54, 1.807) is 19.0 Å². The minimum absolute atomic E-state index is 0.0225. The van der Waals surface area contributed by atoms with Crippen molar-refractivity contribution in [3.05, 3.63) is 34.0 Å². The predicted octanol–water partition coefficient (Wildman–Crippen LogP) is 2.76. The average molecular weight is 335 g/mol. The van der Waals surface area contributed by atoms with E-state index in [1.165, 1.54) is 11.3 Å². The summed E-state index contributed by atoms with van der Waals surface area (Å²) in [4.78, 5) is 15.5. The van der Waals surface area contributed by atoms with E-state index in [0.717, 1.165) is 15.5 Å². The van der Waals surface area contributed by atoms with Gasteiger partial charge in [0.2, 0.25) is 0 Å². The van der Waals surface area contributed by atoms with Crippen molar-refractivity contribution >= 4 is 23.0 Å². The van der Waals surface area contributed by atoms with Gasteiger partial charge in [0.1, 0.15) is 0 Å². The van der Waals surface area contributed by atoms with Gasteiger partial charge in [-0.05, 0) is 30.5 Å². The molecule has 0 saturated carbocycles. The molecule has 0 fully saturated rings. The summed E-state index contributed by atoms with van der Waals surface area (Å²) in [5.41, 5.74) is 1.04. The summed E-state index contributed by atoms with van der Waals surface area (Å²) in [5, 5.41) is 15.9. The van der Waals surface area contributed by atoms with Crippen LogP contribution in [-0.2, 0) is 0 Å². The molecule has 1 N–H and O–H groups in total. The fraction of sp³-hybridized carbons (Fsp3) is 0.529. The van der Waals surface area contributed by atoms with Crippen LogP contribution in [0.15, 0.2) is 29.4 Å². The van der Waals surface area contributed by atoms with Gasteiger partial charge in [0.05, 0.1) is 16.6 Å². The molecule has 6 heteroatoms. The van der Waals surface area contributed by atoms with Gasteiger partial charge >= 0.3 is 0 Å². The molecule has 1 aromatic rings. The van der Waals surface area contributed by atoms with E-state index >= 15 is 0 Å². The van der Waals surface area contributed by atoms with Crippen molar-refractivity contribution in [3.63, 3.8) is 0 Å². The number of rotatable bonds is 6. The zero-order valence-corrected chi connectivity index (χ0v) is 15.0. The normalized spacial score (nSPS) is 17.6. The number of thiophene rings is 1. The minimum atomic E-state index is 0.0225. The SMILES string of the molecule is CC(C)C1=NN(CCCO)C(c2ccc(C(=O)N(C)C)s2)C=C1. The number of aliphatic hydroxyl groups is 1. The summed E-state index contributed by atoms with van der Waals surface area (Å²) in [5.74, 6) is 0.382. The maximum absolute atomic E-state index is 12.1. The molecule has 0 aromatic carbocycles.